The van der Waals surface area contributed by atoms with E-state index in [2.05, 4.69) is 5.32 Å². The Morgan fingerprint density at radius 1 is 1.30 bits per heavy atom. The average Bonchev–Trinajstić information content (AvgIpc) is 2.48. The molecule has 8 heteroatoms. The number of aromatic hydroxyl groups is 1. The summed E-state index contributed by atoms with van der Waals surface area (Å²) in [5.74, 6) is -1.39. The van der Waals surface area contributed by atoms with E-state index in [4.69, 9.17) is 0 Å². The van der Waals surface area contributed by atoms with Gasteiger partial charge >= 0.3 is 6.18 Å². The maximum atomic E-state index is 12.2. The maximum absolute atomic E-state index is 12.2. The van der Waals surface area contributed by atoms with Gasteiger partial charge in [0.25, 0.3) is 11.5 Å². The van der Waals surface area contributed by atoms with Crippen molar-refractivity contribution in [2.24, 2.45) is 0 Å². The van der Waals surface area contributed by atoms with E-state index in [0.717, 1.165) is 42.9 Å². The fraction of sp³-hybridized carbons (Fsp3) is 0.600. The van der Waals surface area contributed by atoms with Crippen LogP contribution in [0, 0.1) is 0 Å². The van der Waals surface area contributed by atoms with Crippen molar-refractivity contribution in [1.82, 2.24) is 9.88 Å². The standard InChI is InChI=1S/C15H19F3N2O3/c16-15(17,18)7-9-20-8-6-11(12(21)14(20)23)13(22)19-10-4-2-1-3-5-10/h6,8,10,21H,1-5,7,9H2,(H,19,22). The molecule has 1 aliphatic rings. The van der Waals surface area contributed by atoms with Crippen LogP contribution in [0.15, 0.2) is 17.1 Å². The van der Waals surface area contributed by atoms with Gasteiger partial charge < -0.3 is 15.0 Å². The molecule has 1 aromatic rings. The molecule has 2 N–H and O–H groups in total. The molecule has 128 valence electrons. The summed E-state index contributed by atoms with van der Waals surface area (Å²) in [5, 5.41) is 12.6. The van der Waals surface area contributed by atoms with Gasteiger partial charge in [0.1, 0.15) is 0 Å². The summed E-state index contributed by atoms with van der Waals surface area (Å²) in [6.45, 7) is -0.597. The lowest BCUT2D eigenvalue weighted by Crippen LogP contribution is -2.37. The Kier molecular flexibility index (Phi) is 5.33. The van der Waals surface area contributed by atoms with E-state index < -0.39 is 36.4 Å². The Hall–Kier alpha value is -1.99. The maximum Gasteiger partial charge on any atom is 0.390 e. The summed E-state index contributed by atoms with van der Waals surface area (Å²) in [4.78, 5) is 24.0. The molecule has 0 spiro atoms. The molecule has 2 rings (SSSR count). The molecule has 0 aromatic carbocycles. The van der Waals surface area contributed by atoms with E-state index in [1.807, 2.05) is 0 Å². The topological polar surface area (TPSA) is 71.3 Å². The van der Waals surface area contributed by atoms with E-state index in [1.54, 1.807) is 0 Å². The summed E-state index contributed by atoms with van der Waals surface area (Å²) in [7, 11) is 0. The SMILES string of the molecule is O=C(NC1CCCCC1)c1ccn(CCC(F)(F)F)c(=O)c1O. The molecule has 1 saturated carbocycles. The number of rotatable bonds is 4. The molecule has 0 unspecified atom stereocenters. The molecular weight excluding hydrogens is 313 g/mol. The van der Waals surface area contributed by atoms with Gasteiger partial charge in [-0.05, 0) is 18.9 Å². The third-order valence-electron chi connectivity index (χ3n) is 3.96. The molecule has 1 aromatic heterocycles. The molecule has 0 bridgehead atoms. The molecule has 0 saturated heterocycles. The first-order valence-electron chi connectivity index (χ1n) is 7.58. The second kappa shape index (κ2) is 7.06. The molecule has 1 amide bonds. The third-order valence-corrected chi connectivity index (χ3v) is 3.96. The quantitative estimate of drug-likeness (QED) is 0.890. The van der Waals surface area contributed by atoms with Gasteiger partial charge in [0, 0.05) is 18.8 Å². The van der Waals surface area contributed by atoms with E-state index in [0.29, 0.717) is 0 Å². The summed E-state index contributed by atoms with van der Waals surface area (Å²) in [5.41, 5.74) is -1.20. The predicted octanol–water partition coefficient (Wildman–Crippen LogP) is 2.57. The minimum Gasteiger partial charge on any atom is -0.502 e. The van der Waals surface area contributed by atoms with Gasteiger partial charge in [0.15, 0.2) is 5.75 Å². The normalized spacial score (nSPS) is 16.3. The van der Waals surface area contributed by atoms with E-state index in [9.17, 15) is 27.9 Å². The zero-order chi connectivity index (χ0) is 17.0. The Balaban J connectivity index is 2.09. The van der Waals surface area contributed by atoms with E-state index in [-0.39, 0.29) is 11.6 Å². The molecular formula is C15H19F3N2O3. The van der Waals surface area contributed by atoms with Gasteiger partial charge in [-0.2, -0.15) is 13.2 Å². The highest BCUT2D eigenvalue weighted by atomic mass is 19.4. The van der Waals surface area contributed by atoms with Crippen molar-refractivity contribution in [3.8, 4) is 5.75 Å². The largest absolute Gasteiger partial charge is 0.502 e. The van der Waals surface area contributed by atoms with Crippen molar-refractivity contribution in [1.29, 1.82) is 0 Å². The number of aromatic nitrogens is 1. The fourth-order valence-electron chi connectivity index (χ4n) is 2.68. The summed E-state index contributed by atoms with van der Waals surface area (Å²) >= 11 is 0. The predicted molar refractivity (Wildman–Crippen MR) is 77.4 cm³/mol. The first kappa shape index (κ1) is 17.4. The van der Waals surface area contributed by atoms with Gasteiger partial charge in [-0.3, -0.25) is 9.59 Å². The van der Waals surface area contributed by atoms with Gasteiger partial charge in [-0.15, -0.1) is 0 Å². The number of nitrogens with zero attached hydrogens (tertiary/aromatic N) is 1. The van der Waals surface area contributed by atoms with Crippen molar-refractivity contribution >= 4 is 5.91 Å². The lowest BCUT2D eigenvalue weighted by atomic mass is 9.95. The minimum absolute atomic E-state index is 0.00307. The fourth-order valence-corrected chi connectivity index (χ4v) is 2.68. The smallest absolute Gasteiger partial charge is 0.390 e. The highest BCUT2D eigenvalue weighted by Gasteiger charge is 2.27. The Bertz CT molecular complexity index is 619. The van der Waals surface area contributed by atoms with Crippen LogP contribution in [0.2, 0.25) is 0 Å². The van der Waals surface area contributed by atoms with Crippen molar-refractivity contribution in [2.45, 2.75) is 57.3 Å². The number of carbonyl (C=O) groups excluding carboxylic acids is 1. The Morgan fingerprint density at radius 3 is 2.57 bits per heavy atom. The van der Waals surface area contributed by atoms with Crippen molar-refractivity contribution in [2.75, 3.05) is 0 Å². The Morgan fingerprint density at radius 2 is 1.96 bits per heavy atom. The number of alkyl halides is 3. The second-order valence-electron chi connectivity index (χ2n) is 5.75. The molecule has 0 radical (unpaired) electrons. The van der Waals surface area contributed by atoms with Crippen molar-refractivity contribution in [3.05, 3.63) is 28.2 Å². The number of carbonyl (C=O) groups is 1. The summed E-state index contributed by atoms with van der Waals surface area (Å²) < 4.78 is 37.3. The number of pyridine rings is 1. The Labute approximate surface area is 131 Å². The van der Waals surface area contributed by atoms with Gasteiger partial charge in [0.05, 0.1) is 12.0 Å². The molecule has 0 atom stereocenters. The average molecular weight is 332 g/mol. The number of hydrogen-bond donors (Lipinski definition) is 2. The van der Waals surface area contributed by atoms with Crippen molar-refractivity contribution in [3.63, 3.8) is 0 Å². The molecule has 1 heterocycles. The number of nitrogens with one attached hydrogen (secondary N) is 1. The van der Waals surface area contributed by atoms with Crippen LogP contribution in [-0.2, 0) is 6.54 Å². The summed E-state index contributed by atoms with van der Waals surface area (Å²) in [6, 6.07) is 1.17. The molecule has 5 nitrogen and oxygen atoms in total. The molecule has 1 aliphatic carbocycles. The minimum atomic E-state index is -4.40. The molecule has 1 fully saturated rings. The second-order valence-corrected chi connectivity index (χ2v) is 5.75. The lowest BCUT2D eigenvalue weighted by molar-refractivity contribution is -0.136. The van der Waals surface area contributed by atoms with Crippen LogP contribution < -0.4 is 10.9 Å². The van der Waals surface area contributed by atoms with Crippen LogP contribution in [0.3, 0.4) is 0 Å². The lowest BCUT2D eigenvalue weighted by Gasteiger charge is -2.23. The van der Waals surface area contributed by atoms with Crippen molar-refractivity contribution < 1.29 is 23.1 Å². The molecule has 23 heavy (non-hydrogen) atoms. The first-order chi connectivity index (χ1) is 10.8. The van der Waals surface area contributed by atoms with Crippen LogP contribution in [0.25, 0.3) is 0 Å². The number of amides is 1. The first-order valence-corrected chi connectivity index (χ1v) is 7.58. The zero-order valence-electron chi connectivity index (χ0n) is 12.5. The highest BCUT2D eigenvalue weighted by molar-refractivity contribution is 5.96. The van der Waals surface area contributed by atoms with Gasteiger partial charge in [0.2, 0.25) is 0 Å². The van der Waals surface area contributed by atoms with Gasteiger partial charge in [-0.25, -0.2) is 0 Å². The van der Waals surface area contributed by atoms with Crippen LogP contribution >= 0.6 is 0 Å². The van der Waals surface area contributed by atoms with Crippen LogP contribution in [0.1, 0.15) is 48.9 Å². The third kappa shape index (κ3) is 4.74. The van der Waals surface area contributed by atoms with E-state index >= 15 is 0 Å². The number of halogens is 3. The van der Waals surface area contributed by atoms with E-state index in [1.165, 1.54) is 6.07 Å². The van der Waals surface area contributed by atoms with Crippen LogP contribution in [0.4, 0.5) is 13.2 Å². The number of aryl methyl sites for hydroxylation is 1. The highest BCUT2D eigenvalue weighted by Crippen LogP contribution is 2.21. The van der Waals surface area contributed by atoms with Crippen LogP contribution in [-0.4, -0.2) is 27.8 Å². The monoisotopic (exact) mass is 332 g/mol. The summed E-state index contributed by atoms with van der Waals surface area (Å²) in [6.07, 6.45) is 0.346. The van der Waals surface area contributed by atoms with Gasteiger partial charge in [-0.1, -0.05) is 19.3 Å². The molecule has 0 aliphatic heterocycles. The van der Waals surface area contributed by atoms with Crippen LogP contribution in [0.5, 0.6) is 5.75 Å². The zero-order valence-corrected chi connectivity index (χ0v) is 12.5. The number of hydrogen-bond acceptors (Lipinski definition) is 3.